The molecule has 0 aliphatic rings. The molecule has 1 unspecified atom stereocenters. The second-order valence-corrected chi connectivity index (χ2v) is 22.0. The van der Waals surface area contributed by atoms with E-state index in [0.29, 0.717) is 19.3 Å². The van der Waals surface area contributed by atoms with Gasteiger partial charge in [0.2, 0.25) is 0 Å². The molecular formula is C70H124O6. The Morgan fingerprint density at radius 1 is 0.276 bits per heavy atom. The van der Waals surface area contributed by atoms with Gasteiger partial charge < -0.3 is 14.2 Å². The zero-order chi connectivity index (χ0) is 55.0. The number of unbranched alkanes of at least 4 members (excludes halogenated alkanes) is 37. The second kappa shape index (κ2) is 64.4. The van der Waals surface area contributed by atoms with E-state index >= 15 is 0 Å². The molecule has 76 heavy (non-hydrogen) atoms. The van der Waals surface area contributed by atoms with Crippen molar-refractivity contribution in [2.75, 3.05) is 13.2 Å². The minimum absolute atomic E-state index is 0.0804. The highest BCUT2D eigenvalue weighted by molar-refractivity contribution is 5.71. The summed E-state index contributed by atoms with van der Waals surface area (Å²) < 4.78 is 16.9. The Hall–Kier alpha value is -3.15. The molecule has 0 saturated heterocycles. The lowest BCUT2D eigenvalue weighted by atomic mass is 10.0. The number of esters is 3. The smallest absolute Gasteiger partial charge is 0.306 e. The topological polar surface area (TPSA) is 78.9 Å². The molecule has 0 aromatic carbocycles. The van der Waals surface area contributed by atoms with Crippen LogP contribution in [0, 0.1) is 0 Å². The third kappa shape index (κ3) is 61.7. The average molecular weight is 1060 g/mol. The van der Waals surface area contributed by atoms with Crippen molar-refractivity contribution in [2.24, 2.45) is 0 Å². The lowest BCUT2D eigenvalue weighted by Gasteiger charge is -2.18. The van der Waals surface area contributed by atoms with Crippen molar-refractivity contribution in [2.45, 2.75) is 341 Å². The van der Waals surface area contributed by atoms with E-state index in [1.807, 2.05) is 0 Å². The Morgan fingerprint density at radius 2 is 0.513 bits per heavy atom. The number of hydrogen-bond donors (Lipinski definition) is 0. The van der Waals surface area contributed by atoms with Crippen LogP contribution in [0.2, 0.25) is 0 Å². The molecule has 440 valence electrons. The van der Waals surface area contributed by atoms with Crippen molar-refractivity contribution in [3.05, 3.63) is 72.9 Å². The van der Waals surface area contributed by atoms with Gasteiger partial charge in [-0.1, -0.05) is 299 Å². The fraction of sp³-hybridized carbons (Fsp3) is 0.786. The molecule has 0 aromatic heterocycles. The second-order valence-electron chi connectivity index (χ2n) is 22.0. The molecule has 6 heteroatoms. The minimum atomic E-state index is -0.783. The van der Waals surface area contributed by atoms with Crippen molar-refractivity contribution in [3.8, 4) is 0 Å². The van der Waals surface area contributed by atoms with Crippen LogP contribution in [0.15, 0.2) is 72.9 Å². The Bertz CT molecular complexity index is 1400. The van der Waals surface area contributed by atoms with Crippen LogP contribution >= 0.6 is 0 Å². The molecule has 0 rings (SSSR count). The maximum atomic E-state index is 12.9. The molecule has 0 spiro atoms. The number of ether oxygens (including phenoxy) is 3. The van der Waals surface area contributed by atoms with Gasteiger partial charge in [-0.3, -0.25) is 14.4 Å². The van der Waals surface area contributed by atoms with Crippen LogP contribution in [0.3, 0.4) is 0 Å². The number of rotatable bonds is 60. The zero-order valence-electron chi connectivity index (χ0n) is 50.5. The van der Waals surface area contributed by atoms with E-state index in [4.69, 9.17) is 14.2 Å². The SMILES string of the molecule is CC/C=C\C/C=C\C/C=C\C/C=C\C/C=C\CCCCCCCCCC(=O)OCC(COC(=O)CCCCCCC/C=C\CCCCC)OC(=O)CCCCCCCCCCCCCCCCCCCCCCCCC. The van der Waals surface area contributed by atoms with E-state index in [9.17, 15) is 14.4 Å². The van der Waals surface area contributed by atoms with Crippen molar-refractivity contribution in [1.29, 1.82) is 0 Å². The van der Waals surface area contributed by atoms with Gasteiger partial charge in [-0.2, -0.15) is 0 Å². The molecule has 1 atom stereocenters. The van der Waals surface area contributed by atoms with E-state index in [1.165, 1.54) is 193 Å². The summed E-state index contributed by atoms with van der Waals surface area (Å²) in [4.78, 5) is 38.3. The van der Waals surface area contributed by atoms with Crippen LogP contribution in [0.4, 0.5) is 0 Å². The molecule has 0 aliphatic heterocycles. The Balaban J connectivity index is 4.29. The minimum Gasteiger partial charge on any atom is -0.462 e. The van der Waals surface area contributed by atoms with Crippen LogP contribution in [-0.4, -0.2) is 37.2 Å². The van der Waals surface area contributed by atoms with E-state index in [2.05, 4.69) is 93.7 Å². The third-order valence-electron chi connectivity index (χ3n) is 14.4. The normalized spacial score (nSPS) is 12.5. The highest BCUT2D eigenvalue weighted by Crippen LogP contribution is 2.17. The predicted octanol–water partition coefficient (Wildman–Crippen LogP) is 22.5. The first-order valence-corrected chi connectivity index (χ1v) is 32.9. The van der Waals surface area contributed by atoms with Gasteiger partial charge in [0.25, 0.3) is 0 Å². The van der Waals surface area contributed by atoms with Crippen molar-refractivity contribution in [3.63, 3.8) is 0 Å². The van der Waals surface area contributed by atoms with Crippen LogP contribution in [0.5, 0.6) is 0 Å². The first-order valence-electron chi connectivity index (χ1n) is 32.9. The summed E-state index contributed by atoms with van der Waals surface area (Å²) in [5, 5.41) is 0. The summed E-state index contributed by atoms with van der Waals surface area (Å²) in [5.41, 5.74) is 0. The van der Waals surface area contributed by atoms with Crippen LogP contribution in [0.1, 0.15) is 335 Å². The first kappa shape index (κ1) is 72.8. The summed E-state index contributed by atoms with van der Waals surface area (Å²) in [5.74, 6) is -0.883. The Labute approximate surface area is 472 Å². The van der Waals surface area contributed by atoms with Gasteiger partial charge in [0.1, 0.15) is 13.2 Å². The maximum Gasteiger partial charge on any atom is 0.306 e. The summed E-state index contributed by atoms with van der Waals surface area (Å²) in [6.07, 6.45) is 83.4. The van der Waals surface area contributed by atoms with Crippen LogP contribution in [0.25, 0.3) is 0 Å². The standard InChI is InChI=1S/C70H124O6/c1-4-7-10-13-16-19-22-25-27-29-31-33-35-37-39-41-43-45-48-51-54-57-60-63-69(72)75-66-67(65-74-68(71)62-59-56-53-50-47-24-21-18-15-12-9-6-3)76-70(73)64-61-58-55-52-49-46-44-42-40-38-36-34-32-30-28-26-23-20-17-14-11-8-5-2/h7,10,16,18-19,21,25,27,31,33,37,39,67H,4-6,8-9,11-15,17,20,22-24,26,28-30,32,34-36,38,40-66H2,1-3H3/b10-7-,19-16-,21-18-,27-25-,33-31-,39-37-. The molecule has 0 aliphatic carbocycles. The predicted molar refractivity (Wildman–Crippen MR) is 330 cm³/mol. The Kier molecular flexibility index (Phi) is 61.7. The van der Waals surface area contributed by atoms with Gasteiger partial charge in [-0.25, -0.2) is 0 Å². The lowest BCUT2D eigenvalue weighted by Crippen LogP contribution is -2.30. The van der Waals surface area contributed by atoms with Crippen molar-refractivity contribution in [1.82, 2.24) is 0 Å². The Morgan fingerprint density at radius 3 is 0.842 bits per heavy atom. The number of carbonyl (C=O) groups is 3. The molecule has 0 N–H and O–H groups in total. The van der Waals surface area contributed by atoms with Crippen LogP contribution in [-0.2, 0) is 28.6 Å². The van der Waals surface area contributed by atoms with Gasteiger partial charge in [-0.15, -0.1) is 0 Å². The molecule has 0 radical (unpaired) electrons. The monoisotopic (exact) mass is 1060 g/mol. The van der Waals surface area contributed by atoms with Gasteiger partial charge in [-0.05, 0) is 89.9 Å². The molecule has 0 amide bonds. The maximum absolute atomic E-state index is 12.9. The van der Waals surface area contributed by atoms with Crippen molar-refractivity contribution < 1.29 is 28.6 Å². The van der Waals surface area contributed by atoms with Gasteiger partial charge in [0.05, 0.1) is 0 Å². The summed E-state index contributed by atoms with van der Waals surface area (Å²) in [6, 6.07) is 0. The highest BCUT2D eigenvalue weighted by Gasteiger charge is 2.19. The quantitative estimate of drug-likeness (QED) is 0.0261. The molecular weight excluding hydrogens is 937 g/mol. The highest BCUT2D eigenvalue weighted by atomic mass is 16.6. The fourth-order valence-electron chi connectivity index (χ4n) is 9.53. The summed E-state index contributed by atoms with van der Waals surface area (Å²) in [6.45, 7) is 6.53. The molecule has 6 nitrogen and oxygen atoms in total. The molecule has 0 bridgehead atoms. The number of carbonyl (C=O) groups excluding carboxylic acids is 3. The van der Waals surface area contributed by atoms with E-state index < -0.39 is 6.10 Å². The lowest BCUT2D eigenvalue weighted by molar-refractivity contribution is -0.167. The molecule has 0 heterocycles. The summed E-state index contributed by atoms with van der Waals surface area (Å²) in [7, 11) is 0. The van der Waals surface area contributed by atoms with Gasteiger partial charge >= 0.3 is 17.9 Å². The van der Waals surface area contributed by atoms with Gasteiger partial charge in [0, 0.05) is 19.3 Å². The van der Waals surface area contributed by atoms with E-state index in [0.717, 1.165) is 103 Å². The van der Waals surface area contributed by atoms with Crippen LogP contribution < -0.4 is 0 Å². The molecule has 0 fully saturated rings. The van der Waals surface area contributed by atoms with Gasteiger partial charge in [0.15, 0.2) is 6.10 Å². The number of allylic oxidation sites excluding steroid dienone is 12. The largest absolute Gasteiger partial charge is 0.462 e. The van der Waals surface area contributed by atoms with E-state index in [-0.39, 0.29) is 31.1 Å². The molecule has 0 aromatic rings. The third-order valence-corrected chi connectivity index (χ3v) is 14.4. The zero-order valence-corrected chi connectivity index (χ0v) is 50.5. The number of hydrogen-bond acceptors (Lipinski definition) is 6. The van der Waals surface area contributed by atoms with Crippen molar-refractivity contribution >= 4 is 17.9 Å². The first-order chi connectivity index (χ1) is 37.5. The average Bonchev–Trinajstić information content (AvgIpc) is 3.42. The fourth-order valence-corrected chi connectivity index (χ4v) is 9.53. The summed E-state index contributed by atoms with van der Waals surface area (Å²) >= 11 is 0. The molecule has 0 saturated carbocycles. The van der Waals surface area contributed by atoms with E-state index in [1.54, 1.807) is 0 Å².